The summed E-state index contributed by atoms with van der Waals surface area (Å²) in [5.74, 6) is -12.0. The van der Waals surface area contributed by atoms with Gasteiger partial charge in [-0.15, -0.1) is 0 Å². The summed E-state index contributed by atoms with van der Waals surface area (Å²) in [4.78, 5) is 90.3. The summed E-state index contributed by atoms with van der Waals surface area (Å²) in [5, 5.41) is 25.6. The zero-order valence-electron chi connectivity index (χ0n) is 33.7. The van der Waals surface area contributed by atoms with Crippen molar-refractivity contribution in [1.82, 2.24) is 4.90 Å². The maximum absolute atomic E-state index is 13.6. The van der Waals surface area contributed by atoms with Gasteiger partial charge in [0.15, 0.2) is 0 Å². The molecule has 1 aliphatic heterocycles. The molecule has 0 bridgehead atoms. The van der Waals surface area contributed by atoms with Gasteiger partial charge in [0.05, 0.1) is 31.7 Å². The number of ether oxygens (including phenoxy) is 3. The first kappa shape index (κ1) is 48.5. The van der Waals surface area contributed by atoms with Crippen LogP contribution in [-0.2, 0) is 47.8 Å². The second-order valence-corrected chi connectivity index (χ2v) is 15.4. The molecule has 0 aromatic rings. The van der Waals surface area contributed by atoms with Crippen LogP contribution in [0.15, 0.2) is 0 Å². The van der Waals surface area contributed by atoms with Gasteiger partial charge < -0.3 is 38.9 Å². The Morgan fingerprint density at radius 3 is 1.87 bits per heavy atom. The second-order valence-electron chi connectivity index (χ2n) is 15.4. The molecular formula is C41H67NO12-2. The number of carboxylic acid groups (broad SMARTS) is 2. The van der Waals surface area contributed by atoms with Crippen LogP contribution in [0.25, 0.3) is 0 Å². The summed E-state index contributed by atoms with van der Waals surface area (Å²) in [5.41, 5.74) is 0. The number of unbranched alkanes of at least 4 members (excludes halogenated alkanes) is 7. The van der Waals surface area contributed by atoms with E-state index in [0.717, 1.165) is 57.8 Å². The van der Waals surface area contributed by atoms with Crippen molar-refractivity contribution in [3.8, 4) is 0 Å². The highest BCUT2D eigenvalue weighted by molar-refractivity contribution is 5.94. The van der Waals surface area contributed by atoms with Crippen LogP contribution >= 0.6 is 0 Å². The molecule has 13 heteroatoms. The topological polar surface area (TPSA) is 197 Å². The standard InChI is InChI=1S/C41H69NO12/c1-7-9-10-11-12-15-23-52-40(50)29(5)25-31(41(51)53-24-16-13-14-18-28(3)4)20-21-32(27-54-35(45)26-30(6)43)36(38(46)47)37(39(48)49)33(8-2)42-22-17-19-34(42)44/h28-29,31-33,36-37H,7-27H2,1-6H3,(H,46,47)(H,48,49)/p-2. The molecule has 0 aliphatic carbocycles. The molecule has 13 nitrogen and oxygen atoms in total. The van der Waals surface area contributed by atoms with E-state index >= 15 is 0 Å². The lowest BCUT2D eigenvalue weighted by Crippen LogP contribution is -2.56. The van der Waals surface area contributed by atoms with Crippen molar-refractivity contribution in [2.75, 3.05) is 26.4 Å². The molecular weight excluding hydrogens is 698 g/mol. The van der Waals surface area contributed by atoms with Gasteiger partial charge in [0.25, 0.3) is 0 Å². The number of carbonyl (C=O) groups excluding carboxylic acids is 7. The molecule has 1 fully saturated rings. The minimum absolute atomic E-state index is 0.0259. The number of amides is 1. The summed E-state index contributed by atoms with van der Waals surface area (Å²) < 4.78 is 16.5. The Hall–Kier alpha value is -3.51. The van der Waals surface area contributed by atoms with E-state index in [1.54, 1.807) is 13.8 Å². The van der Waals surface area contributed by atoms with Crippen molar-refractivity contribution < 1.29 is 58.0 Å². The fraction of sp³-hybridized carbons (Fsp3) is 0.829. The number of likely N-dealkylation sites (tertiary alicyclic amines) is 1. The number of rotatable bonds is 31. The van der Waals surface area contributed by atoms with E-state index in [1.165, 1.54) is 11.8 Å². The third kappa shape index (κ3) is 18.7. The Bertz CT molecular complexity index is 1190. The van der Waals surface area contributed by atoms with Gasteiger partial charge in [-0.2, -0.15) is 0 Å². The molecule has 6 atom stereocenters. The summed E-state index contributed by atoms with van der Waals surface area (Å²) in [6.07, 6.45) is 9.70. The summed E-state index contributed by atoms with van der Waals surface area (Å²) in [6.45, 7) is 11.0. The Kier molecular flexibility index (Phi) is 24.4. The van der Waals surface area contributed by atoms with Crippen molar-refractivity contribution in [2.24, 2.45) is 35.5 Å². The summed E-state index contributed by atoms with van der Waals surface area (Å²) >= 11 is 0. The van der Waals surface area contributed by atoms with Crippen molar-refractivity contribution in [1.29, 1.82) is 0 Å². The van der Waals surface area contributed by atoms with Crippen LogP contribution in [0.2, 0.25) is 0 Å². The first-order valence-corrected chi connectivity index (χ1v) is 20.3. The average molecular weight is 766 g/mol. The minimum atomic E-state index is -1.80. The fourth-order valence-electron chi connectivity index (χ4n) is 7.27. The van der Waals surface area contributed by atoms with Crippen LogP contribution in [0.4, 0.5) is 0 Å². The van der Waals surface area contributed by atoms with E-state index in [4.69, 9.17) is 14.2 Å². The normalized spacial score (nSPS) is 16.3. The maximum atomic E-state index is 13.6. The number of hydrogen-bond acceptors (Lipinski definition) is 12. The lowest BCUT2D eigenvalue weighted by molar-refractivity contribution is -0.331. The third-order valence-electron chi connectivity index (χ3n) is 10.3. The first-order chi connectivity index (χ1) is 25.6. The Morgan fingerprint density at radius 2 is 1.33 bits per heavy atom. The highest BCUT2D eigenvalue weighted by atomic mass is 16.5. The molecule has 6 unspecified atom stereocenters. The van der Waals surface area contributed by atoms with E-state index in [2.05, 4.69) is 20.8 Å². The molecule has 54 heavy (non-hydrogen) atoms. The zero-order chi connectivity index (χ0) is 40.6. The molecule has 0 radical (unpaired) electrons. The number of aliphatic carboxylic acids is 2. The summed E-state index contributed by atoms with van der Waals surface area (Å²) in [7, 11) is 0. The molecule has 1 aliphatic rings. The molecule has 1 heterocycles. The molecule has 1 rings (SSSR count). The van der Waals surface area contributed by atoms with Gasteiger partial charge in [-0.05, 0) is 57.8 Å². The molecule has 0 spiro atoms. The van der Waals surface area contributed by atoms with Gasteiger partial charge in [-0.3, -0.25) is 24.0 Å². The maximum Gasteiger partial charge on any atom is 0.313 e. The number of carboxylic acids is 2. The molecule has 1 amide bonds. The van der Waals surface area contributed by atoms with Crippen molar-refractivity contribution in [2.45, 2.75) is 157 Å². The van der Waals surface area contributed by atoms with Crippen molar-refractivity contribution in [3.63, 3.8) is 0 Å². The van der Waals surface area contributed by atoms with E-state index < -0.39 is 84.3 Å². The number of ketones is 1. The second kappa shape index (κ2) is 27.1. The number of nitrogens with zero attached hydrogens (tertiary/aromatic N) is 1. The predicted octanol–water partition coefficient (Wildman–Crippen LogP) is 4.34. The van der Waals surface area contributed by atoms with Crippen LogP contribution in [0.3, 0.4) is 0 Å². The third-order valence-corrected chi connectivity index (χ3v) is 10.3. The van der Waals surface area contributed by atoms with Gasteiger partial charge in [0.1, 0.15) is 12.2 Å². The number of carbonyl (C=O) groups is 7. The minimum Gasteiger partial charge on any atom is -0.550 e. The lowest BCUT2D eigenvalue weighted by atomic mass is 9.74. The van der Waals surface area contributed by atoms with Gasteiger partial charge in [0.2, 0.25) is 5.91 Å². The highest BCUT2D eigenvalue weighted by Gasteiger charge is 2.42. The van der Waals surface area contributed by atoms with Crippen LogP contribution < -0.4 is 10.2 Å². The highest BCUT2D eigenvalue weighted by Crippen LogP contribution is 2.35. The van der Waals surface area contributed by atoms with Crippen LogP contribution in [0.1, 0.15) is 151 Å². The Labute approximate surface area is 322 Å². The van der Waals surface area contributed by atoms with Gasteiger partial charge in [-0.1, -0.05) is 86.0 Å². The molecule has 0 N–H and O–H groups in total. The smallest absolute Gasteiger partial charge is 0.313 e. The molecule has 0 saturated carbocycles. The molecule has 0 aromatic carbocycles. The molecule has 1 saturated heterocycles. The number of Topliss-reactive ketones (excluding diaryl/α,β-unsaturated/α-hetero) is 1. The van der Waals surface area contributed by atoms with Crippen molar-refractivity contribution >= 4 is 41.5 Å². The fourth-order valence-corrected chi connectivity index (χ4v) is 7.27. The monoisotopic (exact) mass is 765 g/mol. The lowest BCUT2D eigenvalue weighted by Gasteiger charge is -2.42. The molecule has 310 valence electrons. The number of esters is 3. The van der Waals surface area contributed by atoms with E-state index in [9.17, 15) is 43.8 Å². The largest absolute Gasteiger partial charge is 0.550 e. The van der Waals surface area contributed by atoms with E-state index in [0.29, 0.717) is 18.8 Å². The van der Waals surface area contributed by atoms with Gasteiger partial charge in [-0.25, -0.2) is 0 Å². The number of hydrogen-bond donors (Lipinski definition) is 0. The quantitative estimate of drug-likeness (QED) is 0.0420. The zero-order valence-corrected chi connectivity index (χ0v) is 33.7. The van der Waals surface area contributed by atoms with E-state index in [-0.39, 0.29) is 57.8 Å². The van der Waals surface area contributed by atoms with Crippen molar-refractivity contribution in [3.05, 3.63) is 0 Å². The predicted molar refractivity (Wildman–Crippen MR) is 197 cm³/mol. The van der Waals surface area contributed by atoms with Crippen LogP contribution in [0.5, 0.6) is 0 Å². The Morgan fingerprint density at radius 1 is 0.741 bits per heavy atom. The van der Waals surface area contributed by atoms with Crippen LogP contribution in [0, 0.1) is 35.5 Å². The first-order valence-electron chi connectivity index (χ1n) is 20.3. The Balaban J connectivity index is 3.33. The average Bonchev–Trinajstić information content (AvgIpc) is 3.53. The van der Waals surface area contributed by atoms with Gasteiger partial charge in [0, 0.05) is 48.7 Å². The molecule has 0 aromatic heterocycles. The SMILES string of the molecule is CCCCCCCCOC(=O)C(C)CC(CCC(COC(=O)CC(C)=O)C(C(=O)[O-])C(C(=O)[O-])C(CC)N1CCCC1=O)C(=O)OCCCCCC(C)C. The summed E-state index contributed by atoms with van der Waals surface area (Å²) in [6, 6.07) is -1.04. The van der Waals surface area contributed by atoms with Crippen LogP contribution in [-0.4, -0.2) is 78.8 Å². The van der Waals surface area contributed by atoms with Gasteiger partial charge >= 0.3 is 17.9 Å². The van der Waals surface area contributed by atoms with E-state index in [1.807, 2.05) is 0 Å².